The highest BCUT2D eigenvalue weighted by Crippen LogP contribution is 2.49. The lowest BCUT2D eigenvalue weighted by Gasteiger charge is -2.52. The highest BCUT2D eigenvalue weighted by atomic mass is 35.5. The number of fused-ring (bicyclic) bond motifs is 4. The molecule has 11 nitrogen and oxygen atoms in total. The number of halogens is 1. The lowest BCUT2D eigenvalue weighted by Crippen LogP contribution is -2.59. The molecule has 2 fully saturated rings. The molecule has 5 aliphatic rings. The van der Waals surface area contributed by atoms with E-state index in [4.69, 9.17) is 21.1 Å². The van der Waals surface area contributed by atoms with E-state index >= 15 is 0 Å². The molecule has 0 aromatic heterocycles. The van der Waals surface area contributed by atoms with Gasteiger partial charge in [0.25, 0.3) is 5.91 Å². The normalized spacial score (nSPS) is 33.5. The van der Waals surface area contributed by atoms with Crippen LogP contribution in [0.3, 0.4) is 0 Å². The Morgan fingerprint density at radius 2 is 1.95 bits per heavy atom. The summed E-state index contributed by atoms with van der Waals surface area (Å²) in [5, 5.41) is 19.6. The van der Waals surface area contributed by atoms with Gasteiger partial charge in [0.15, 0.2) is 0 Å². The minimum absolute atomic E-state index is 0.0156. The summed E-state index contributed by atoms with van der Waals surface area (Å²) in [7, 11) is -1.19. The first-order valence-electron chi connectivity index (χ1n) is 20.8. The number of aliphatic hydroxyl groups is 1. The highest BCUT2D eigenvalue weighted by Gasteiger charge is 2.50. The van der Waals surface area contributed by atoms with Gasteiger partial charge in [0, 0.05) is 86.8 Å². The molecular weight excluding hydrogens is 764 g/mol. The number of amides is 1. The summed E-state index contributed by atoms with van der Waals surface area (Å²) in [5.41, 5.74) is 2.96. The van der Waals surface area contributed by atoms with Gasteiger partial charge in [-0.1, -0.05) is 36.7 Å². The lowest BCUT2D eigenvalue weighted by atomic mass is 9.63. The van der Waals surface area contributed by atoms with Crippen LogP contribution >= 0.6 is 11.6 Å². The van der Waals surface area contributed by atoms with Crippen LogP contribution in [0.1, 0.15) is 80.3 Å². The minimum atomic E-state index is -3.01. The number of allylic oxidation sites excluding steroid dienone is 1. The van der Waals surface area contributed by atoms with E-state index in [9.17, 15) is 24.0 Å². The van der Waals surface area contributed by atoms with Crippen LogP contribution in [0.15, 0.2) is 48.6 Å². The molecule has 3 N–H and O–H groups in total. The Kier molecular flexibility index (Phi) is 12.7. The molecule has 2 aromatic carbocycles. The van der Waals surface area contributed by atoms with Crippen molar-refractivity contribution in [1.82, 2.24) is 14.5 Å². The van der Waals surface area contributed by atoms with E-state index in [1.54, 1.807) is 6.07 Å². The van der Waals surface area contributed by atoms with Crippen LogP contribution in [0.5, 0.6) is 5.75 Å². The summed E-state index contributed by atoms with van der Waals surface area (Å²) in [6, 6.07) is 11.6. The smallest absolute Gasteiger partial charge is 0.304 e. The zero-order valence-electron chi connectivity index (χ0n) is 33.8. The first-order valence-corrected chi connectivity index (χ1v) is 22.9. The van der Waals surface area contributed by atoms with Gasteiger partial charge in [-0.25, -0.2) is 4.21 Å². The van der Waals surface area contributed by atoms with Crippen molar-refractivity contribution in [3.05, 3.63) is 70.3 Å². The molecule has 0 radical (unpaired) electrons. The van der Waals surface area contributed by atoms with E-state index in [1.807, 2.05) is 32.2 Å². The summed E-state index contributed by atoms with van der Waals surface area (Å²) in [5.74, 6) is 4.00. The van der Waals surface area contributed by atoms with Crippen LogP contribution in [0.25, 0.3) is 0 Å². The van der Waals surface area contributed by atoms with Gasteiger partial charge in [-0.3, -0.25) is 24.1 Å². The third-order valence-corrected chi connectivity index (χ3v) is 16.5. The van der Waals surface area contributed by atoms with Gasteiger partial charge in [-0.05, 0) is 117 Å². The molecule has 1 saturated carbocycles. The van der Waals surface area contributed by atoms with Crippen LogP contribution < -0.4 is 14.4 Å². The second kappa shape index (κ2) is 17.2. The number of hydrogen-bond acceptors (Lipinski definition) is 9. The van der Waals surface area contributed by atoms with Crippen LogP contribution in [-0.4, -0.2) is 125 Å². The summed E-state index contributed by atoms with van der Waals surface area (Å²) in [4.78, 5) is 32.6. The van der Waals surface area contributed by atoms with Crippen molar-refractivity contribution in [3.8, 4) is 5.75 Å². The number of benzene rings is 2. The Labute approximate surface area is 343 Å². The molecule has 13 heteroatoms. The summed E-state index contributed by atoms with van der Waals surface area (Å²) >= 11 is 6.52. The van der Waals surface area contributed by atoms with Gasteiger partial charge < -0.3 is 24.6 Å². The number of anilines is 1. The molecule has 312 valence electrons. The number of aliphatic hydroxyl groups excluding tert-OH is 1. The maximum absolute atomic E-state index is 14.1. The van der Waals surface area contributed by atoms with Gasteiger partial charge in [0.2, 0.25) is 0 Å². The van der Waals surface area contributed by atoms with E-state index in [0.29, 0.717) is 38.1 Å². The molecule has 2 aliphatic carbocycles. The van der Waals surface area contributed by atoms with Crippen LogP contribution in [0.4, 0.5) is 5.69 Å². The average molecular weight is 826 g/mol. The Morgan fingerprint density at radius 3 is 2.65 bits per heavy atom. The predicted molar refractivity (Wildman–Crippen MR) is 227 cm³/mol. The zero-order chi connectivity index (χ0) is 40.5. The van der Waals surface area contributed by atoms with Crippen molar-refractivity contribution in [2.75, 3.05) is 71.0 Å². The first kappa shape index (κ1) is 42.0. The molecule has 2 bridgehead atoms. The molecule has 1 saturated heterocycles. The minimum Gasteiger partial charge on any atom is -0.490 e. The monoisotopic (exact) mass is 824 g/mol. The third-order valence-electron chi connectivity index (χ3n) is 14.0. The van der Waals surface area contributed by atoms with Crippen LogP contribution in [0, 0.1) is 17.8 Å². The van der Waals surface area contributed by atoms with E-state index in [-0.39, 0.29) is 42.2 Å². The van der Waals surface area contributed by atoms with Gasteiger partial charge in [0.1, 0.15) is 11.4 Å². The number of carbonyl (C=O) groups is 2. The van der Waals surface area contributed by atoms with E-state index in [0.717, 1.165) is 81.3 Å². The second-order valence-corrected chi connectivity index (χ2v) is 20.3. The van der Waals surface area contributed by atoms with Crippen molar-refractivity contribution in [1.29, 1.82) is 0 Å². The Bertz CT molecular complexity index is 1940. The summed E-state index contributed by atoms with van der Waals surface area (Å²) in [6.07, 6.45) is 10.5. The van der Waals surface area contributed by atoms with Gasteiger partial charge in [0.05, 0.1) is 28.4 Å². The molecule has 2 aromatic rings. The number of carboxylic acid groups (broad SMARTS) is 1. The van der Waals surface area contributed by atoms with Crippen molar-refractivity contribution in [2.45, 2.75) is 87.5 Å². The fraction of sp³-hybridized carbons (Fsp3) is 0.614. The third kappa shape index (κ3) is 8.77. The number of nitrogens with zero attached hydrogens (tertiary/aromatic N) is 3. The number of aliphatic carboxylic acids is 1. The number of aryl methyl sites for hydroxylation is 1. The fourth-order valence-electron chi connectivity index (χ4n) is 10.3. The second-order valence-electron chi connectivity index (χ2n) is 17.4. The molecule has 3 aliphatic heterocycles. The number of ether oxygens (including phenoxy) is 2. The van der Waals surface area contributed by atoms with Crippen molar-refractivity contribution in [3.63, 3.8) is 0 Å². The molecule has 57 heavy (non-hydrogen) atoms. The Morgan fingerprint density at radius 1 is 1.16 bits per heavy atom. The quantitative estimate of drug-likeness (QED) is 0.235. The molecule has 7 rings (SSSR count). The topological polar surface area (TPSA) is 132 Å². The number of methoxy groups -OCH3 is 1. The van der Waals surface area contributed by atoms with Crippen LogP contribution in [0.2, 0.25) is 5.02 Å². The maximum Gasteiger partial charge on any atom is 0.304 e. The average Bonchev–Trinajstić information content (AvgIpc) is 3.32. The molecule has 1 amide bonds. The SMILES string of the molecule is C=S1(=O)NC(=O)c2ccc3c(c2)N(C[C@@H]2CC[C@H]2[C@@](CN2CCN([C@@H](CCO)CC(=O)O)CC2)(OC)/C=C/C[C@H](C)[C@H]1C)C[C@@]1(CCCc2cc(Cl)ccc21)CO3. The van der Waals surface area contributed by atoms with Gasteiger partial charge in [-0.2, -0.15) is 0 Å². The van der Waals surface area contributed by atoms with Crippen molar-refractivity contribution < 1.29 is 33.5 Å². The van der Waals surface area contributed by atoms with E-state index in [1.165, 1.54) is 11.1 Å². The largest absolute Gasteiger partial charge is 0.490 e. The number of hydrogen-bond donors (Lipinski definition) is 3. The summed E-state index contributed by atoms with van der Waals surface area (Å²) < 4.78 is 30.4. The predicted octanol–water partition coefficient (Wildman–Crippen LogP) is 5.41. The standard InChI is InChI=1S/C44H61ClN4O7S/c1-30-7-5-17-44(55-3,28-47-18-20-48(21-19-47)36(15-22-50)25-41(51)52)38-12-9-34(38)26-49-27-43(16-6-8-32-23-35(45)11-13-37(32)43)29-56-40-14-10-33(24-39(40)49)42(53)46-57(4,54)31(30)2/h5,10-11,13-14,17,23-24,30-31,34,36,38,50H,4,6-9,12,15-16,18-22,25-29H2,1-3H3,(H,51,52)(H,46,53,54)/b17-5+/t30-,31+,34-,36-,38+,43-,44+,57?/m0/s1. The fourth-order valence-corrected chi connectivity index (χ4v) is 12.0. The molecule has 1 unspecified atom stereocenters. The van der Waals surface area contributed by atoms with E-state index in [2.05, 4.69) is 56.5 Å². The number of piperazine rings is 1. The maximum atomic E-state index is 14.1. The molecule has 8 atom stereocenters. The van der Waals surface area contributed by atoms with Crippen molar-refractivity contribution in [2.24, 2.45) is 17.8 Å². The number of rotatable bonds is 8. The Balaban J connectivity index is 1.24. The van der Waals surface area contributed by atoms with Crippen molar-refractivity contribution >= 4 is 44.7 Å². The number of nitrogens with one attached hydrogen (secondary N) is 1. The lowest BCUT2D eigenvalue weighted by molar-refractivity contribution is -0.138. The molecule has 1 spiro atoms. The number of carbonyl (C=O) groups excluding carboxylic acids is 1. The molecule has 3 heterocycles. The number of carboxylic acids is 1. The molecular formula is C44H61ClN4O7S. The summed E-state index contributed by atoms with van der Waals surface area (Å²) in [6.45, 7) is 9.54. The Hall–Kier alpha value is -3.13. The zero-order valence-corrected chi connectivity index (χ0v) is 35.4. The first-order chi connectivity index (χ1) is 27.3. The highest BCUT2D eigenvalue weighted by molar-refractivity contribution is 7.99. The van der Waals surface area contributed by atoms with Gasteiger partial charge >= 0.3 is 5.97 Å². The van der Waals surface area contributed by atoms with Gasteiger partial charge in [-0.15, -0.1) is 0 Å². The van der Waals surface area contributed by atoms with E-state index < -0.39 is 32.4 Å². The van der Waals surface area contributed by atoms with Crippen LogP contribution in [-0.2, 0) is 31.1 Å².